The van der Waals surface area contributed by atoms with E-state index in [0.717, 1.165) is 12.1 Å². The van der Waals surface area contributed by atoms with Crippen molar-refractivity contribution in [1.82, 2.24) is 0 Å². The van der Waals surface area contributed by atoms with Crippen LogP contribution in [0.2, 0.25) is 0 Å². The maximum Gasteiger partial charge on any atom is 0.398 e. The van der Waals surface area contributed by atoms with Gasteiger partial charge in [-0.2, -0.15) is 23.7 Å². The van der Waals surface area contributed by atoms with Gasteiger partial charge >= 0.3 is 6.18 Å². The van der Waals surface area contributed by atoms with Crippen LogP contribution in [-0.4, -0.2) is 6.18 Å². The van der Waals surface area contributed by atoms with Crippen LogP contribution in [0.5, 0.6) is 0 Å². The first kappa shape index (κ1) is 13.0. The lowest BCUT2D eigenvalue weighted by Crippen LogP contribution is -2.27. The number of nitriles is 2. The van der Waals surface area contributed by atoms with Crippen molar-refractivity contribution in [2.45, 2.75) is 12.1 Å². The summed E-state index contributed by atoms with van der Waals surface area (Å²) in [4.78, 5) is 0. The molecule has 1 unspecified atom stereocenters. The Morgan fingerprint density at radius 1 is 1.06 bits per heavy atom. The van der Waals surface area contributed by atoms with E-state index in [0.29, 0.717) is 0 Å². The lowest BCUT2D eigenvalue weighted by molar-refractivity contribution is -0.155. The molecule has 0 aromatic heterocycles. The molecule has 88 valence electrons. The highest BCUT2D eigenvalue weighted by molar-refractivity contribution is 5.28. The number of alkyl halides is 3. The van der Waals surface area contributed by atoms with Gasteiger partial charge in [0.1, 0.15) is 17.7 Å². The summed E-state index contributed by atoms with van der Waals surface area (Å²) in [5.41, 5.74) is -0.687. The first-order chi connectivity index (χ1) is 7.91. The van der Waals surface area contributed by atoms with Crippen LogP contribution in [0, 0.1) is 34.4 Å². The molecule has 0 radical (unpaired) electrons. The SMILES string of the molecule is N#CC(C#N)C(c1ccccc1F)C(F)(F)F. The summed E-state index contributed by atoms with van der Waals surface area (Å²) in [7, 11) is 0. The van der Waals surface area contributed by atoms with Gasteiger partial charge in [0.25, 0.3) is 0 Å². The van der Waals surface area contributed by atoms with Crippen LogP contribution in [0.3, 0.4) is 0 Å². The van der Waals surface area contributed by atoms with Gasteiger partial charge in [-0.15, -0.1) is 0 Å². The Morgan fingerprint density at radius 3 is 2.00 bits per heavy atom. The van der Waals surface area contributed by atoms with Crippen molar-refractivity contribution in [3.8, 4) is 12.1 Å². The molecule has 0 saturated carbocycles. The Morgan fingerprint density at radius 2 is 1.59 bits per heavy atom. The fourth-order valence-corrected chi connectivity index (χ4v) is 1.45. The van der Waals surface area contributed by atoms with Crippen molar-refractivity contribution in [1.29, 1.82) is 10.5 Å². The summed E-state index contributed by atoms with van der Waals surface area (Å²) in [6, 6.07) is 6.72. The van der Waals surface area contributed by atoms with Crippen molar-refractivity contribution >= 4 is 0 Å². The molecule has 0 heterocycles. The molecule has 0 saturated heterocycles. The Balaban J connectivity index is 3.33. The molecule has 2 nitrogen and oxygen atoms in total. The molecule has 17 heavy (non-hydrogen) atoms. The molecule has 0 N–H and O–H groups in total. The average molecular weight is 242 g/mol. The van der Waals surface area contributed by atoms with Crippen molar-refractivity contribution in [3.63, 3.8) is 0 Å². The Hall–Kier alpha value is -2.08. The van der Waals surface area contributed by atoms with E-state index < -0.39 is 29.4 Å². The van der Waals surface area contributed by atoms with Gasteiger partial charge in [0.2, 0.25) is 0 Å². The van der Waals surface area contributed by atoms with E-state index in [9.17, 15) is 17.6 Å². The van der Waals surface area contributed by atoms with E-state index in [1.165, 1.54) is 24.3 Å². The number of nitrogens with zero attached hydrogens (tertiary/aromatic N) is 2. The van der Waals surface area contributed by atoms with Gasteiger partial charge in [-0.3, -0.25) is 0 Å². The molecule has 0 bridgehead atoms. The number of hydrogen-bond acceptors (Lipinski definition) is 2. The Bertz CT molecular complexity index is 467. The van der Waals surface area contributed by atoms with Crippen molar-refractivity contribution in [3.05, 3.63) is 35.6 Å². The normalized spacial score (nSPS) is 12.9. The van der Waals surface area contributed by atoms with Gasteiger partial charge in [0.05, 0.1) is 12.1 Å². The van der Waals surface area contributed by atoms with E-state index >= 15 is 0 Å². The van der Waals surface area contributed by atoms with Gasteiger partial charge in [-0.1, -0.05) is 18.2 Å². The number of rotatable bonds is 2. The molecule has 0 aliphatic carbocycles. The van der Waals surface area contributed by atoms with Crippen LogP contribution in [-0.2, 0) is 0 Å². The molecular formula is C11H6F4N2. The van der Waals surface area contributed by atoms with E-state index in [4.69, 9.17) is 10.5 Å². The maximum atomic E-state index is 13.3. The van der Waals surface area contributed by atoms with Crippen molar-refractivity contribution in [2.24, 2.45) is 5.92 Å². The molecule has 0 spiro atoms. The topological polar surface area (TPSA) is 47.6 Å². The molecule has 1 rings (SSSR count). The standard InChI is InChI=1S/C11H6F4N2/c12-9-4-2-1-3-8(9)10(11(13,14)15)7(5-16)6-17/h1-4,7,10H. The van der Waals surface area contributed by atoms with Gasteiger partial charge in [0, 0.05) is 5.56 Å². The summed E-state index contributed by atoms with van der Waals surface area (Å²) in [5, 5.41) is 17.0. The van der Waals surface area contributed by atoms with E-state index in [-0.39, 0.29) is 0 Å². The third kappa shape index (κ3) is 2.73. The lowest BCUT2D eigenvalue weighted by Gasteiger charge is -2.21. The highest BCUT2D eigenvalue weighted by Crippen LogP contribution is 2.40. The van der Waals surface area contributed by atoms with Gasteiger partial charge in [-0.25, -0.2) is 4.39 Å². The summed E-state index contributed by atoms with van der Waals surface area (Å²) in [6.45, 7) is 0. The van der Waals surface area contributed by atoms with E-state index in [1.807, 2.05) is 0 Å². The molecule has 1 aromatic carbocycles. The lowest BCUT2D eigenvalue weighted by atomic mass is 9.87. The minimum Gasteiger partial charge on any atom is -0.207 e. The zero-order chi connectivity index (χ0) is 13.1. The minimum absolute atomic E-state index is 0.687. The summed E-state index contributed by atoms with van der Waals surface area (Å²) >= 11 is 0. The second-order valence-corrected chi connectivity index (χ2v) is 3.28. The Labute approximate surface area is 94.7 Å². The predicted octanol–water partition coefficient (Wildman–Crippen LogP) is 3.13. The summed E-state index contributed by atoms with van der Waals surface area (Å²) in [5.74, 6) is -5.48. The van der Waals surface area contributed by atoms with Gasteiger partial charge < -0.3 is 0 Å². The van der Waals surface area contributed by atoms with Gasteiger partial charge in [0.15, 0.2) is 0 Å². The molecule has 0 aliphatic heterocycles. The van der Waals surface area contributed by atoms with Crippen LogP contribution < -0.4 is 0 Å². The zero-order valence-electron chi connectivity index (χ0n) is 8.37. The Kier molecular flexibility index (Phi) is 3.69. The quantitative estimate of drug-likeness (QED) is 0.748. The number of halogens is 4. The van der Waals surface area contributed by atoms with Crippen LogP contribution >= 0.6 is 0 Å². The first-order valence-electron chi connectivity index (χ1n) is 4.52. The first-order valence-corrected chi connectivity index (χ1v) is 4.52. The third-order valence-electron chi connectivity index (χ3n) is 2.20. The number of benzene rings is 1. The number of hydrogen-bond donors (Lipinski definition) is 0. The van der Waals surface area contributed by atoms with Crippen molar-refractivity contribution < 1.29 is 17.6 Å². The van der Waals surface area contributed by atoms with Gasteiger partial charge in [-0.05, 0) is 6.07 Å². The molecule has 1 atom stereocenters. The van der Waals surface area contributed by atoms with Crippen molar-refractivity contribution in [2.75, 3.05) is 0 Å². The fourth-order valence-electron chi connectivity index (χ4n) is 1.45. The summed E-state index contributed by atoms with van der Waals surface area (Å²) in [6.07, 6.45) is -4.85. The molecule has 1 aromatic rings. The molecular weight excluding hydrogens is 236 g/mol. The van der Waals surface area contributed by atoms with E-state index in [1.54, 1.807) is 0 Å². The average Bonchev–Trinajstić information content (AvgIpc) is 2.25. The highest BCUT2D eigenvalue weighted by atomic mass is 19.4. The molecule has 0 fully saturated rings. The van der Waals surface area contributed by atoms with Crippen LogP contribution in [0.4, 0.5) is 17.6 Å². The highest BCUT2D eigenvalue weighted by Gasteiger charge is 2.47. The molecule has 6 heteroatoms. The van der Waals surface area contributed by atoms with Crippen LogP contribution in [0.25, 0.3) is 0 Å². The minimum atomic E-state index is -4.85. The predicted molar refractivity (Wildman–Crippen MR) is 49.9 cm³/mol. The van der Waals surface area contributed by atoms with Crippen LogP contribution in [0.15, 0.2) is 24.3 Å². The summed E-state index contributed by atoms with van der Waals surface area (Å²) < 4.78 is 51.5. The fraction of sp³-hybridized carbons (Fsp3) is 0.273. The zero-order valence-corrected chi connectivity index (χ0v) is 8.37. The maximum absolute atomic E-state index is 13.3. The largest absolute Gasteiger partial charge is 0.398 e. The molecule has 0 aliphatic rings. The second-order valence-electron chi connectivity index (χ2n) is 3.28. The van der Waals surface area contributed by atoms with Crippen LogP contribution in [0.1, 0.15) is 11.5 Å². The third-order valence-corrected chi connectivity index (χ3v) is 2.20. The monoisotopic (exact) mass is 242 g/mol. The second kappa shape index (κ2) is 4.84. The van der Waals surface area contributed by atoms with E-state index in [2.05, 4.69) is 0 Å². The molecule has 0 amide bonds. The smallest absolute Gasteiger partial charge is 0.207 e.